The topological polar surface area (TPSA) is 55.1 Å². The van der Waals surface area contributed by atoms with E-state index >= 15 is 0 Å². The minimum absolute atomic E-state index is 0.0861. The van der Waals surface area contributed by atoms with Crippen LogP contribution in [0.1, 0.15) is 25.8 Å². The van der Waals surface area contributed by atoms with E-state index in [1.165, 1.54) is 0 Å². The molecule has 4 heteroatoms. The number of aromatic nitrogens is 1. The first-order chi connectivity index (χ1) is 11.1. The zero-order chi connectivity index (χ0) is 16.2. The summed E-state index contributed by atoms with van der Waals surface area (Å²) in [6, 6.07) is 15.6. The van der Waals surface area contributed by atoms with E-state index in [0.717, 1.165) is 22.2 Å². The number of amides is 1. The van der Waals surface area contributed by atoms with Crippen molar-refractivity contribution in [2.45, 2.75) is 26.8 Å². The van der Waals surface area contributed by atoms with Crippen molar-refractivity contribution in [2.24, 2.45) is 5.92 Å². The molecule has 0 aliphatic carbocycles. The van der Waals surface area contributed by atoms with Crippen LogP contribution in [0.25, 0.3) is 22.6 Å². The number of nitrogens with zero attached hydrogens (tertiary/aromatic N) is 1. The van der Waals surface area contributed by atoms with Gasteiger partial charge in [-0.25, -0.2) is 4.98 Å². The fourth-order valence-corrected chi connectivity index (χ4v) is 2.40. The Labute approximate surface area is 135 Å². The molecule has 118 valence electrons. The Morgan fingerprint density at radius 1 is 1.13 bits per heavy atom. The molecule has 1 N–H and O–H groups in total. The van der Waals surface area contributed by atoms with Crippen LogP contribution in [-0.4, -0.2) is 10.9 Å². The SMILES string of the molecule is CC(C)CC(=O)NCc1ccc(-c2nc3ccccc3o2)cc1. The Balaban J connectivity index is 1.68. The molecule has 0 radical (unpaired) electrons. The summed E-state index contributed by atoms with van der Waals surface area (Å²) in [6.07, 6.45) is 0.557. The molecular weight excluding hydrogens is 288 g/mol. The van der Waals surface area contributed by atoms with Gasteiger partial charge in [0.25, 0.3) is 0 Å². The van der Waals surface area contributed by atoms with Crippen LogP contribution < -0.4 is 5.32 Å². The van der Waals surface area contributed by atoms with Crippen molar-refractivity contribution in [3.05, 3.63) is 54.1 Å². The molecule has 3 rings (SSSR count). The maximum absolute atomic E-state index is 11.7. The van der Waals surface area contributed by atoms with E-state index < -0.39 is 0 Å². The zero-order valence-corrected chi connectivity index (χ0v) is 13.4. The Hall–Kier alpha value is -2.62. The van der Waals surface area contributed by atoms with Crippen LogP contribution in [0.5, 0.6) is 0 Å². The molecule has 0 spiro atoms. The number of benzene rings is 2. The zero-order valence-electron chi connectivity index (χ0n) is 13.4. The molecule has 3 aromatic rings. The van der Waals surface area contributed by atoms with Gasteiger partial charge in [0.15, 0.2) is 5.58 Å². The van der Waals surface area contributed by atoms with Crippen LogP contribution in [0, 0.1) is 5.92 Å². The van der Waals surface area contributed by atoms with Crippen LogP contribution in [-0.2, 0) is 11.3 Å². The summed E-state index contributed by atoms with van der Waals surface area (Å²) in [5.41, 5.74) is 3.63. The number of oxazole rings is 1. The van der Waals surface area contributed by atoms with E-state index in [1.807, 2.05) is 62.4 Å². The van der Waals surface area contributed by atoms with E-state index in [-0.39, 0.29) is 5.91 Å². The quantitative estimate of drug-likeness (QED) is 0.770. The second-order valence-corrected chi connectivity index (χ2v) is 6.06. The first-order valence-electron chi connectivity index (χ1n) is 7.83. The predicted molar refractivity (Wildman–Crippen MR) is 90.7 cm³/mol. The average molecular weight is 308 g/mol. The number of fused-ring (bicyclic) bond motifs is 1. The van der Waals surface area contributed by atoms with Crippen LogP contribution >= 0.6 is 0 Å². The third kappa shape index (κ3) is 3.77. The van der Waals surface area contributed by atoms with Gasteiger partial charge in [0, 0.05) is 18.5 Å². The van der Waals surface area contributed by atoms with Crippen molar-refractivity contribution in [3.63, 3.8) is 0 Å². The van der Waals surface area contributed by atoms with E-state index in [4.69, 9.17) is 4.42 Å². The number of rotatable bonds is 5. The lowest BCUT2D eigenvalue weighted by Gasteiger charge is -2.07. The van der Waals surface area contributed by atoms with Gasteiger partial charge in [-0.3, -0.25) is 4.79 Å². The van der Waals surface area contributed by atoms with E-state index in [1.54, 1.807) is 0 Å². The molecule has 1 amide bonds. The van der Waals surface area contributed by atoms with E-state index in [2.05, 4.69) is 10.3 Å². The molecule has 0 aliphatic heterocycles. The maximum Gasteiger partial charge on any atom is 0.227 e. The molecule has 4 nitrogen and oxygen atoms in total. The lowest BCUT2D eigenvalue weighted by atomic mass is 10.1. The first kappa shape index (κ1) is 15.3. The van der Waals surface area contributed by atoms with Crippen molar-refractivity contribution in [3.8, 4) is 11.5 Å². The molecule has 0 atom stereocenters. The van der Waals surface area contributed by atoms with E-state index in [9.17, 15) is 4.79 Å². The Morgan fingerprint density at radius 3 is 2.57 bits per heavy atom. The first-order valence-corrected chi connectivity index (χ1v) is 7.83. The summed E-state index contributed by atoms with van der Waals surface area (Å²) in [7, 11) is 0. The Morgan fingerprint density at radius 2 is 1.87 bits per heavy atom. The maximum atomic E-state index is 11.7. The summed E-state index contributed by atoms with van der Waals surface area (Å²) in [4.78, 5) is 16.2. The van der Waals surface area contributed by atoms with Crippen molar-refractivity contribution in [2.75, 3.05) is 0 Å². The molecule has 0 saturated carbocycles. The number of hydrogen-bond acceptors (Lipinski definition) is 3. The predicted octanol–water partition coefficient (Wildman–Crippen LogP) is 4.16. The van der Waals surface area contributed by atoms with Crippen molar-refractivity contribution in [1.82, 2.24) is 10.3 Å². The third-order valence-corrected chi connectivity index (χ3v) is 3.58. The summed E-state index contributed by atoms with van der Waals surface area (Å²) in [5.74, 6) is 1.07. The molecule has 1 aromatic heterocycles. The van der Waals surface area contributed by atoms with Crippen LogP contribution in [0.15, 0.2) is 52.9 Å². The molecular formula is C19H20N2O2. The van der Waals surface area contributed by atoms with Gasteiger partial charge < -0.3 is 9.73 Å². The van der Waals surface area contributed by atoms with Gasteiger partial charge >= 0.3 is 0 Å². The largest absolute Gasteiger partial charge is 0.436 e. The number of para-hydroxylation sites is 2. The van der Waals surface area contributed by atoms with Crippen LogP contribution in [0.3, 0.4) is 0 Å². The highest BCUT2D eigenvalue weighted by atomic mass is 16.3. The van der Waals surface area contributed by atoms with Gasteiger partial charge in [0.05, 0.1) is 0 Å². The number of carbonyl (C=O) groups excluding carboxylic acids is 1. The summed E-state index contributed by atoms with van der Waals surface area (Å²) < 4.78 is 5.76. The molecule has 0 bridgehead atoms. The smallest absolute Gasteiger partial charge is 0.227 e. The molecule has 2 aromatic carbocycles. The molecule has 23 heavy (non-hydrogen) atoms. The fourth-order valence-electron chi connectivity index (χ4n) is 2.40. The molecule has 1 heterocycles. The molecule has 0 unspecified atom stereocenters. The van der Waals surface area contributed by atoms with Gasteiger partial charge in [-0.15, -0.1) is 0 Å². The summed E-state index contributed by atoms with van der Waals surface area (Å²) >= 11 is 0. The van der Waals surface area contributed by atoms with Crippen molar-refractivity contribution in [1.29, 1.82) is 0 Å². The summed E-state index contributed by atoms with van der Waals surface area (Å²) in [5, 5.41) is 2.93. The minimum atomic E-state index is 0.0861. The highest BCUT2D eigenvalue weighted by Gasteiger charge is 2.08. The van der Waals surface area contributed by atoms with Gasteiger partial charge in [0.2, 0.25) is 11.8 Å². The summed E-state index contributed by atoms with van der Waals surface area (Å²) in [6.45, 7) is 4.61. The van der Waals surface area contributed by atoms with Gasteiger partial charge in [0.1, 0.15) is 5.52 Å². The Kier molecular flexibility index (Phi) is 4.42. The highest BCUT2D eigenvalue weighted by molar-refractivity contribution is 5.76. The standard InChI is InChI=1S/C19H20N2O2/c1-13(2)11-18(22)20-12-14-7-9-15(10-8-14)19-21-16-5-3-4-6-17(16)23-19/h3-10,13H,11-12H2,1-2H3,(H,20,22). The third-order valence-electron chi connectivity index (χ3n) is 3.58. The van der Waals surface area contributed by atoms with Crippen LogP contribution in [0.4, 0.5) is 0 Å². The normalized spacial score (nSPS) is 11.1. The Bertz CT molecular complexity index is 771. The fraction of sp³-hybridized carbons (Fsp3) is 0.263. The molecule has 0 fully saturated rings. The lowest BCUT2D eigenvalue weighted by molar-refractivity contribution is -0.121. The highest BCUT2D eigenvalue weighted by Crippen LogP contribution is 2.24. The van der Waals surface area contributed by atoms with Crippen molar-refractivity contribution < 1.29 is 9.21 Å². The average Bonchev–Trinajstić information content (AvgIpc) is 2.97. The monoisotopic (exact) mass is 308 g/mol. The van der Waals surface area contributed by atoms with Crippen molar-refractivity contribution >= 4 is 17.0 Å². The van der Waals surface area contributed by atoms with Gasteiger partial charge in [-0.2, -0.15) is 0 Å². The van der Waals surface area contributed by atoms with Gasteiger partial charge in [-0.05, 0) is 35.7 Å². The molecule has 0 aliphatic rings. The number of nitrogens with one attached hydrogen (secondary N) is 1. The molecule has 0 saturated heterocycles. The van der Waals surface area contributed by atoms with E-state index in [0.29, 0.717) is 24.8 Å². The van der Waals surface area contributed by atoms with Gasteiger partial charge in [-0.1, -0.05) is 38.1 Å². The number of hydrogen-bond donors (Lipinski definition) is 1. The number of carbonyl (C=O) groups is 1. The second kappa shape index (κ2) is 6.65. The minimum Gasteiger partial charge on any atom is -0.436 e. The second-order valence-electron chi connectivity index (χ2n) is 6.06. The van der Waals surface area contributed by atoms with Crippen LogP contribution in [0.2, 0.25) is 0 Å². The lowest BCUT2D eigenvalue weighted by Crippen LogP contribution is -2.23.